The first kappa shape index (κ1) is 19.0. The van der Waals surface area contributed by atoms with Gasteiger partial charge in [-0.15, -0.1) is 15.3 Å². The Kier molecular flexibility index (Phi) is 5.22. The van der Waals surface area contributed by atoms with Crippen molar-refractivity contribution in [3.63, 3.8) is 0 Å². The molecule has 0 saturated carbocycles. The summed E-state index contributed by atoms with van der Waals surface area (Å²) in [6, 6.07) is 4.92. The molecule has 1 N–H and O–H groups in total. The molecule has 0 aliphatic heterocycles. The Morgan fingerprint density at radius 2 is 1.96 bits per heavy atom. The largest absolute Gasteiger partial charge is 0.418 e. The molecule has 0 atom stereocenters. The van der Waals surface area contributed by atoms with E-state index in [0.29, 0.717) is 11.0 Å². The summed E-state index contributed by atoms with van der Waals surface area (Å²) in [6.07, 6.45) is -2.68. The van der Waals surface area contributed by atoms with E-state index in [9.17, 15) is 18.0 Å². The smallest absolute Gasteiger partial charge is 0.295 e. The standard InChI is InChI=1S/C16H15F3N6OS/c1-9(2)7-13-22-23-15(27-13)20-14(26)11-8-25(24-21-11)12-6-4-3-5-10(12)16(17,18)19/h3-6,8-9H,7H2,1-2H3,(H,20,23,26). The summed E-state index contributed by atoms with van der Waals surface area (Å²) >= 11 is 1.24. The van der Waals surface area contributed by atoms with Crippen molar-refractivity contribution in [1.82, 2.24) is 25.2 Å². The molecule has 11 heteroatoms. The number of amides is 1. The maximum Gasteiger partial charge on any atom is 0.418 e. The number of nitrogens with one attached hydrogen (secondary N) is 1. The minimum absolute atomic E-state index is 0.132. The second-order valence-electron chi connectivity index (χ2n) is 6.12. The molecule has 0 spiro atoms. The van der Waals surface area contributed by atoms with Crippen molar-refractivity contribution >= 4 is 22.4 Å². The molecular formula is C16H15F3N6OS. The maximum atomic E-state index is 13.1. The number of rotatable bonds is 5. The van der Waals surface area contributed by atoms with Gasteiger partial charge < -0.3 is 0 Å². The van der Waals surface area contributed by atoms with Crippen LogP contribution in [0, 0.1) is 5.92 Å². The molecule has 1 aromatic carbocycles. The van der Waals surface area contributed by atoms with Crippen LogP contribution in [0.3, 0.4) is 0 Å². The Morgan fingerprint density at radius 1 is 1.22 bits per heavy atom. The molecule has 7 nitrogen and oxygen atoms in total. The third-order valence-corrected chi connectivity index (χ3v) is 4.31. The van der Waals surface area contributed by atoms with Crippen molar-refractivity contribution in [2.45, 2.75) is 26.4 Å². The fraction of sp³-hybridized carbons (Fsp3) is 0.312. The Morgan fingerprint density at radius 3 is 2.67 bits per heavy atom. The zero-order chi connectivity index (χ0) is 19.6. The van der Waals surface area contributed by atoms with Gasteiger partial charge >= 0.3 is 6.18 Å². The van der Waals surface area contributed by atoms with Gasteiger partial charge in [-0.3, -0.25) is 10.1 Å². The number of carbonyl (C=O) groups excluding carboxylic acids is 1. The molecule has 0 aliphatic carbocycles. The molecule has 0 unspecified atom stereocenters. The summed E-state index contributed by atoms with van der Waals surface area (Å²) in [5.74, 6) is -0.229. The first-order valence-electron chi connectivity index (χ1n) is 7.96. The zero-order valence-corrected chi connectivity index (χ0v) is 15.2. The summed E-state index contributed by atoms with van der Waals surface area (Å²) < 4.78 is 40.3. The van der Waals surface area contributed by atoms with E-state index in [1.165, 1.54) is 29.5 Å². The molecule has 142 valence electrons. The van der Waals surface area contributed by atoms with Gasteiger partial charge in [0.15, 0.2) is 5.69 Å². The van der Waals surface area contributed by atoms with Gasteiger partial charge in [0.1, 0.15) is 5.01 Å². The third-order valence-electron chi connectivity index (χ3n) is 3.45. The number of anilines is 1. The van der Waals surface area contributed by atoms with E-state index in [0.717, 1.165) is 28.4 Å². The summed E-state index contributed by atoms with van der Waals surface area (Å²) in [6.45, 7) is 4.08. The highest BCUT2D eigenvalue weighted by Crippen LogP contribution is 2.33. The van der Waals surface area contributed by atoms with Gasteiger partial charge in [0, 0.05) is 6.42 Å². The van der Waals surface area contributed by atoms with Crippen LogP contribution in [-0.2, 0) is 12.6 Å². The van der Waals surface area contributed by atoms with Crippen molar-refractivity contribution in [2.75, 3.05) is 5.32 Å². The van der Waals surface area contributed by atoms with Crippen LogP contribution in [-0.4, -0.2) is 31.1 Å². The summed E-state index contributed by atoms with van der Waals surface area (Å²) in [5, 5.41) is 18.8. The second-order valence-corrected chi connectivity index (χ2v) is 7.18. The van der Waals surface area contributed by atoms with Gasteiger partial charge in [0.2, 0.25) is 5.13 Å². The summed E-state index contributed by atoms with van der Waals surface area (Å²) in [7, 11) is 0. The monoisotopic (exact) mass is 396 g/mol. The number of hydrogen-bond acceptors (Lipinski definition) is 6. The lowest BCUT2D eigenvalue weighted by molar-refractivity contribution is -0.137. The molecule has 3 rings (SSSR count). The van der Waals surface area contributed by atoms with Gasteiger partial charge in [0.05, 0.1) is 17.4 Å². The van der Waals surface area contributed by atoms with Crippen LogP contribution < -0.4 is 5.32 Å². The van der Waals surface area contributed by atoms with Gasteiger partial charge in [0.25, 0.3) is 5.91 Å². The number of alkyl halides is 3. The van der Waals surface area contributed by atoms with Crippen LogP contribution in [0.4, 0.5) is 18.3 Å². The van der Waals surface area contributed by atoms with E-state index >= 15 is 0 Å². The van der Waals surface area contributed by atoms with Crippen LogP contribution in [0.5, 0.6) is 0 Å². The lowest BCUT2D eigenvalue weighted by atomic mass is 10.1. The van der Waals surface area contributed by atoms with E-state index in [-0.39, 0.29) is 11.4 Å². The van der Waals surface area contributed by atoms with Crippen molar-refractivity contribution < 1.29 is 18.0 Å². The number of aromatic nitrogens is 5. The highest BCUT2D eigenvalue weighted by molar-refractivity contribution is 7.15. The topological polar surface area (TPSA) is 85.6 Å². The predicted octanol–water partition coefficient (Wildman–Crippen LogP) is 3.59. The fourth-order valence-corrected chi connectivity index (χ4v) is 3.24. The fourth-order valence-electron chi connectivity index (χ4n) is 2.30. The zero-order valence-electron chi connectivity index (χ0n) is 14.4. The van der Waals surface area contributed by atoms with E-state index < -0.39 is 17.6 Å². The molecule has 27 heavy (non-hydrogen) atoms. The lowest BCUT2D eigenvalue weighted by Gasteiger charge is -2.11. The average molecular weight is 396 g/mol. The van der Waals surface area contributed by atoms with Crippen LogP contribution in [0.25, 0.3) is 5.69 Å². The normalized spacial score (nSPS) is 11.8. The van der Waals surface area contributed by atoms with Gasteiger partial charge in [-0.1, -0.05) is 42.5 Å². The Labute approximate surface area is 156 Å². The first-order valence-corrected chi connectivity index (χ1v) is 8.78. The first-order chi connectivity index (χ1) is 12.7. The minimum Gasteiger partial charge on any atom is -0.295 e. The molecule has 0 aliphatic rings. The molecule has 0 radical (unpaired) electrons. The highest BCUT2D eigenvalue weighted by atomic mass is 32.1. The predicted molar refractivity (Wildman–Crippen MR) is 92.8 cm³/mol. The molecule has 1 amide bonds. The SMILES string of the molecule is CC(C)Cc1nnc(NC(=O)c2cn(-c3ccccc3C(F)(F)F)nn2)s1. The molecule has 3 aromatic rings. The van der Waals surface area contributed by atoms with E-state index in [4.69, 9.17) is 0 Å². The number of halogens is 3. The number of benzene rings is 1. The van der Waals surface area contributed by atoms with Crippen LogP contribution in [0.1, 0.15) is 34.9 Å². The van der Waals surface area contributed by atoms with Crippen LogP contribution >= 0.6 is 11.3 Å². The molecule has 0 bridgehead atoms. The molecule has 2 aromatic heterocycles. The third kappa shape index (κ3) is 4.48. The molecular weight excluding hydrogens is 381 g/mol. The maximum absolute atomic E-state index is 13.1. The van der Waals surface area contributed by atoms with E-state index in [1.54, 1.807) is 0 Å². The molecule has 2 heterocycles. The molecule has 0 fully saturated rings. The number of nitrogens with zero attached hydrogens (tertiary/aromatic N) is 5. The number of carbonyl (C=O) groups is 1. The van der Waals surface area contributed by atoms with Crippen molar-refractivity contribution in [2.24, 2.45) is 5.92 Å². The van der Waals surface area contributed by atoms with Gasteiger partial charge in [-0.2, -0.15) is 13.2 Å². The number of hydrogen-bond donors (Lipinski definition) is 1. The van der Waals surface area contributed by atoms with Gasteiger partial charge in [-0.25, -0.2) is 4.68 Å². The van der Waals surface area contributed by atoms with Crippen LogP contribution in [0.15, 0.2) is 30.5 Å². The quantitative estimate of drug-likeness (QED) is 0.712. The number of para-hydroxylation sites is 1. The van der Waals surface area contributed by atoms with Crippen molar-refractivity contribution in [1.29, 1.82) is 0 Å². The van der Waals surface area contributed by atoms with Gasteiger partial charge in [-0.05, 0) is 18.1 Å². The Hall–Kier alpha value is -2.82. The van der Waals surface area contributed by atoms with Crippen LogP contribution in [0.2, 0.25) is 0 Å². The molecule has 0 saturated heterocycles. The second kappa shape index (κ2) is 7.43. The minimum atomic E-state index is -4.55. The summed E-state index contributed by atoms with van der Waals surface area (Å²) in [4.78, 5) is 12.3. The Balaban J connectivity index is 1.78. The van der Waals surface area contributed by atoms with E-state index in [1.807, 2.05) is 13.8 Å². The van der Waals surface area contributed by atoms with E-state index in [2.05, 4.69) is 25.8 Å². The summed E-state index contributed by atoms with van der Waals surface area (Å²) in [5.41, 5.74) is -1.22. The van der Waals surface area contributed by atoms with Crippen molar-refractivity contribution in [3.05, 3.63) is 46.7 Å². The average Bonchev–Trinajstić information content (AvgIpc) is 3.23. The Bertz CT molecular complexity index is 950. The lowest BCUT2D eigenvalue weighted by Crippen LogP contribution is -2.12. The highest BCUT2D eigenvalue weighted by Gasteiger charge is 2.34. The van der Waals surface area contributed by atoms with Crippen molar-refractivity contribution in [3.8, 4) is 5.69 Å².